The molecule has 1 aliphatic heterocycles. The molecule has 0 aromatic carbocycles. The predicted octanol–water partition coefficient (Wildman–Crippen LogP) is 1.15. The molecule has 0 bridgehead atoms. The quantitative estimate of drug-likeness (QED) is 0.786. The Labute approximate surface area is 147 Å². The number of anilines is 1. The van der Waals surface area contributed by atoms with E-state index in [1.807, 2.05) is 24.3 Å². The lowest BCUT2D eigenvalue weighted by Gasteiger charge is -2.26. The first-order valence-corrected chi connectivity index (χ1v) is 8.49. The second-order valence-electron chi connectivity index (χ2n) is 5.81. The van der Waals surface area contributed by atoms with E-state index in [-0.39, 0.29) is 5.91 Å². The van der Waals surface area contributed by atoms with E-state index in [0.717, 1.165) is 50.8 Å². The highest BCUT2D eigenvalue weighted by Crippen LogP contribution is 2.08. The Hall–Kier alpha value is -2.51. The topological polar surface area (TPSA) is 79.4 Å². The van der Waals surface area contributed by atoms with E-state index >= 15 is 0 Å². The van der Waals surface area contributed by atoms with Crippen LogP contribution >= 0.6 is 0 Å². The van der Waals surface area contributed by atoms with Crippen LogP contribution in [0.1, 0.15) is 16.2 Å². The van der Waals surface area contributed by atoms with Gasteiger partial charge in [-0.3, -0.25) is 19.7 Å². The molecule has 132 valence electrons. The Morgan fingerprint density at radius 3 is 2.84 bits per heavy atom. The van der Waals surface area contributed by atoms with Gasteiger partial charge in [0.05, 0.1) is 25.5 Å². The molecule has 0 spiro atoms. The Bertz CT molecular complexity index is 674. The molecule has 7 nitrogen and oxygen atoms in total. The van der Waals surface area contributed by atoms with Gasteiger partial charge in [-0.2, -0.15) is 0 Å². The van der Waals surface area contributed by atoms with Crippen molar-refractivity contribution in [1.82, 2.24) is 20.2 Å². The van der Waals surface area contributed by atoms with E-state index in [2.05, 4.69) is 25.5 Å². The Morgan fingerprint density at radius 2 is 2.04 bits per heavy atom. The van der Waals surface area contributed by atoms with Crippen molar-refractivity contribution in [3.8, 4) is 0 Å². The van der Waals surface area contributed by atoms with Crippen molar-refractivity contribution in [3.05, 3.63) is 54.1 Å². The van der Waals surface area contributed by atoms with Crippen LogP contribution in [0.5, 0.6) is 0 Å². The molecule has 1 amide bonds. The minimum Gasteiger partial charge on any atom is -0.384 e. The lowest BCUT2D eigenvalue weighted by molar-refractivity contribution is 0.0398. The van der Waals surface area contributed by atoms with Gasteiger partial charge in [-0.25, -0.2) is 0 Å². The van der Waals surface area contributed by atoms with Crippen molar-refractivity contribution in [3.63, 3.8) is 0 Å². The maximum Gasteiger partial charge on any atom is 0.270 e. The summed E-state index contributed by atoms with van der Waals surface area (Å²) in [4.78, 5) is 22.9. The number of aromatic nitrogens is 2. The average molecular weight is 341 g/mol. The molecule has 0 radical (unpaired) electrons. The summed E-state index contributed by atoms with van der Waals surface area (Å²) in [5.74, 6) is -0.206. The van der Waals surface area contributed by atoms with Crippen LogP contribution in [-0.2, 0) is 11.3 Å². The predicted molar refractivity (Wildman–Crippen MR) is 95.4 cm³/mol. The van der Waals surface area contributed by atoms with Crippen LogP contribution in [0, 0.1) is 0 Å². The molecule has 1 saturated heterocycles. The fourth-order valence-electron chi connectivity index (χ4n) is 2.61. The molecule has 2 aromatic heterocycles. The van der Waals surface area contributed by atoms with Gasteiger partial charge in [0.2, 0.25) is 0 Å². The third-order valence-corrected chi connectivity index (χ3v) is 4.01. The summed E-state index contributed by atoms with van der Waals surface area (Å²) >= 11 is 0. The standard InChI is InChI=1S/C18H23N5O2/c24-18(22-14-16-3-1-2-5-19-16)17-13-15(4-6-21-17)20-7-8-23-9-11-25-12-10-23/h1-6,13H,7-12,14H2,(H,20,21)(H,22,24). The molecule has 7 heteroatoms. The maximum atomic E-state index is 12.2. The van der Waals surface area contributed by atoms with Gasteiger partial charge in [-0.05, 0) is 24.3 Å². The molecule has 2 aromatic rings. The largest absolute Gasteiger partial charge is 0.384 e. The molecule has 25 heavy (non-hydrogen) atoms. The molecule has 3 heterocycles. The summed E-state index contributed by atoms with van der Waals surface area (Å²) in [6.45, 7) is 5.70. The lowest BCUT2D eigenvalue weighted by Crippen LogP contribution is -2.39. The van der Waals surface area contributed by atoms with Gasteiger partial charge in [0.25, 0.3) is 5.91 Å². The van der Waals surface area contributed by atoms with Gasteiger partial charge in [-0.15, -0.1) is 0 Å². The fraction of sp³-hybridized carbons (Fsp3) is 0.389. The number of morpholine rings is 1. The van der Waals surface area contributed by atoms with Crippen molar-refractivity contribution in [2.75, 3.05) is 44.7 Å². The van der Waals surface area contributed by atoms with Crippen molar-refractivity contribution in [1.29, 1.82) is 0 Å². The van der Waals surface area contributed by atoms with Crippen LogP contribution in [0.15, 0.2) is 42.7 Å². The van der Waals surface area contributed by atoms with Crippen molar-refractivity contribution < 1.29 is 9.53 Å². The second kappa shape index (κ2) is 9.10. The fourth-order valence-corrected chi connectivity index (χ4v) is 2.61. The number of hydrogen-bond donors (Lipinski definition) is 2. The maximum absolute atomic E-state index is 12.2. The van der Waals surface area contributed by atoms with E-state index in [9.17, 15) is 4.79 Å². The second-order valence-corrected chi connectivity index (χ2v) is 5.81. The summed E-state index contributed by atoms with van der Waals surface area (Å²) in [7, 11) is 0. The van der Waals surface area contributed by atoms with E-state index < -0.39 is 0 Å². The van der Waals surface area contributed by atoms with Crippen LogP contribution in [0.25, 0.3) is 0 Å². The highest BCUT2D eigenvalue weighted by atomic mass is 16.5. The number of nitrogens with zero attached hydrogens (tertiary/aromatic N) is 3. The molecule has 0 saturated carbocycles. The molecule has 1 aliphatic rings. The summed E-state index contributed by atoms with van der Waals surface area (Å²) < 4.78 is 5.34. The average Bonchev–Trinajstić information content (AvgIpc) is 2.68. The molecule has 0 atom stereocenters. The van der Waals surface area contributed by atoms with Gasteiger partial charge >= 0.3 is 0 Å². The van der Waals surface area contributed by atoms with Gasteiger partial charge in [-0.1, -0.05) is 6.07 Å². The van der Waals surface area contributed by atoms with Crippen LogP contribution < -0.4 is 10.6 Å². The summed E-state index contributed by atoms with van der Waals surface area (Å²) in [6.07, 6.45) is 3.35. The number of amides is 1. The van der Waals surface area contributed by atoms with E-state index in [1.54, 1.807) is 18.5 Å². The number of nitrogens with one attached hydrogen (secondary N) is 2. The summed E-state index contributed by atoms with van der Waals surface area (Å²) in [5, 5.41) is 6.18. The molecule has 3 rings (SSSR count). The van der Waals surface area contributed by atoms with Crippen LogP contribution in [0.3, 0.4) is 0 Å². The molecule has 0 aliphatic carbocycles. The van der Waals surface area contributed by atoms with Crippen LogP contribution in [-0.4, -0.2) is 60.2 Å². The normalized spacial score (nSPS) is 14.9. The number of hydrogen-bond acceptors (Lipinski definition) is 6. The van der Waals surface area contributed by atoms with Gasteiger partial charge < -0.3 is 15.4 Å². The van der Waals surface area contributed by atoms with E-state index in [4.69, 9.17) is 4.74 Å². The Kier molecular flexibility index (Phi) is 6.30. The first kappa shape index (κ1) is 17.3. The Balaban J connectivity index is 1.47. The zero-order chi connectivity index (χ0) is 17.3. The third kappa shape index (κ3) is 5.51. The van der Waals surface area contributed by atoms with Gasteiger partial charge in [0.15, 0.2) is 0 Å². The Morgan fingerprint density at radius 1 is 1.16 bits per heavy atom. The van der Waals surface area contributed by atoms with Crippen molar-refractivity contribution in [2.24, 2.45) is 0 Å². The number of pyridine rings is 2. The van der Waals surface area contributed by atoms with E-state index in [1.165, 1.54) is 0 Å². The van der Waals surface area contributed by atoms with Crippen LogP contribution in [0.2, 0.25) is 0 Å². The van der Waals surface area contributed by atoms with Crippen LogP contribution in [0.4, 0.5) is 5.69 Å². The number of ether oxygens (including phenoxy) is 1. The van der Waals surface area contributed by atoms with E-state index in [0.29, 0.717) is 12.2 Å². The van der Waals surface area contributed by atoms with Gasteiger partial charge in [0.1, 0.15) is 5.69 Å². The third-order valence-electron chi connectivity index (χ3n) is 4.01. The lowest BCUT2D eigenvalue weighted by atomic mass is 10.3. The van der Waals surface area contributed by atoms with Gasteiger partial charge in [0, 0.05) is 44.3 Å². The minimum atomic E-state index is -0.206. The number of carbonyl (C=O) groups excluding carboxylic acids is 1. The summed E-state index contributed by atoms with van der Waals surface area (Å²) in [6, 6.07) is 9.25. The molecular weight excluding hydrogens is 318 g/mol. The highest BCUT2D eigenvalue weighted by molar-refractivity contribution is 5.93. The molecular formula is C18H23N5O2. The minimum absolute atomic E-state index is 0.206. The number of carbonyl (C=O) groups is 1. The van der Waals surface area contributed by atoms with Crippen molar-refractivity contribution >= 4 is 11.6 Å². The first-order chi connectivity index (χ1) is 12.3. The molecule has 1 fully saturated rings. The smallest absolute Gasteiger partial charge is 0.270 e. The zero-order valence-corrected chi connectivity index (χ0v) is 14.1. The monoisotopic (exact) mass is 341 g/mol. The molecule has 2 N–H and O–H groups in total. The van der Waals surface area contributed by atoms with Crippen molar-refractivity contribution in [2.45, 2.75) is 6.54 Å². The first-order valence-electron chi connectivity index (χ1n) is 8.49. The highest BCUT2D eigenvalue weighted by Gasteiger charge is 2.10. The summed E-state index contributed by atoms with van der Waals surface area (Å²) in [5.41, 5.74) is 2.11. The molecule has 0 unspecified atom stereocenters. The SMILES string of the molecule is O=C(NCc1ccccn1)c1cc(NCCN2CCOCC2)ccn1. The zero-order valence-electron chi connectivity index (χ0n) is 14.1. The number of rotatable bonds is 7.